The third kappa shape index (κ3) is 3.29. The minimum Gasteiger partial charge on any atom is -0.497 e. The molecule has 0 radical (unpaired) electrons. The van der Waals surface area contributed by atoms with Crippen molar-refractivity contribution in [3.8, 4) is 11.5 Å². The number of amides is 1. The molecule has 1 aromatic carbocycles. The molecule has 27 heavy (non-hydrogen) atoms. The van der Waals surface area contributed by atoms with Crippen LogP contribution in [0.2, 0.25) is 0 Å². The van der Waals surface area contributed by atoms with Gasteiger partial charge < -0.3 is 14.8 Å². The Hall–Kier alpha value is -2.50. The first-order valence-corrected chi connectivity index (χ1v) is 9.60. The van der Waals surface area contributed by atoms with Gasteiger partial charge >= 0.3 is 0 Å². The summed E-state index contributed by atoms with van der Waals surface area (Å²) in [5.41, 5.74) is 3.48. The lowest BCUT2D eigenvalue weighted by atomic mass is 9.89. The lowest BCUT2D eigenvalue weighted by Gasteiger charge is -2.38. The van der Waals surface area contributed by atoms with Crippen LogP contribution < -0.4 is 14.8 Å². The summed E-state index contributed by atoms with van der Waals surface area (Å²) in [4.78, 5) is 13.2. The summed E-state index contributed by atoms with van der Waals surface area (Å²) in [6, 6.07) is 5.62. The van der Waals surface area contributed by atoms with Gasteiger partial charge in [-0.2, -0.15) is 5.10 Å². The van der Waals surface area contributed by atoms with Gasteiger partial charge in [-0.1, -0.05) is 0 Å². The molecule has 1 atom stereocenters. The highest BCUT2D eigenvalue weighted by atomic mass is 16.5. The highest BCUT2D eigenvalue weighted by Gasteiger charge is 2.36. The van der Waals surface area contributed by atoms with Crippen LogP contribution in [0, 0.1) is 0 Å². The predicted molar refractivity (Wildman–Crippen MR) is 102 cm³/mol. The molecule has 0 saturated carbocycles. The number of hydrogen-bond donors (Lipinski definition) is 1. The molecule has 2 aromatic rings. The number of ether oxygens (including phenoxy) is 2. The lowest BCUT2D eigenvalue weighted by molar-refractivity contribution is 0.0615. The van der Waals surface area contributed by atoms with E-state index in [1.54, 1.807) is 11.8 Å². The van der Waals surface area contributed by atoms with Crippen molar-refractivity contribution in [1.29, 1.82) is 0 Å². The number of aryl methyl sites for hydroxylation is 2. The Balaban J connectivity index is 1.66. The van der Waals surface area contributed by atoms with E-state index in [0.717, 1.165) is 54.0 Å². The van der Waals surface area contributed by atoms with Gasteiger partial charge in [-0.25, -0.2) is 0 Å². The minimum atomic E-state index is -0.356. The fraction of sp³-hybridized carbons (Fsp3) is 0.524. The summed E-state index contributed by atoms with van der Waals surface area (Å²) in [6.07, 6.45) is 4.84. The molecule has 1 N–H and O–H groups in total. The summed E-state index contributed by atoms with van der Waals surface area (Å²) in [7, 11) is 3.50. The van der Waals surface area contributed by atoms with Gasteiger partial charge in [0.25, 0.3) is 5.91 Å². The molecule has 1 amide bonds. The maximum atomic E-state index is 13.2. The van der Waals surface area contributed by atoms with Crippen molar-refractivity contribution in [2.45, 2.75) is 57.6 Å². The maximum absolute atomic E-state index is 13.2. The molecule has 1 aliphatic carbocycles. The van der Waals surface area contributed by atoms with Crippen LogP contribution in [-0.2, 0) is 19.9 Å². The number of rotatable bonds is 3. The number of nitrogens with one attached hydrogen (secondary N) is 1. The van der Waals surface area contributed by atoms with Crippen LogP contribution in [0.5, 0.6) is 11.5 Å². The van der Waals surface area contributed by atoms with Crippen molar-refractivity contribution in [3.05, 3.63) is 40.7 Å². The second-order valence-electron chi connectivity index (χ2n) is 8.10. The molecule has 0 spiro atoms. The zero-order valence-corrected chi connectivity index (χ0v) is 16.5. The van der Waals surface area contributed by atoms with E-state index in [1.165, 1.54) is 0 Å². The number of carbonyl (C=O) groups excluding carboxylic acids is 1. The Morgan fingerprint density at radius 2 is 2.11 bits per heavy atom. The van der Waals surface area contributed by atoms with E-state index < -0.39 is 0 Å². The first kappa shape index (κ1) is 17.9. The molecule has 0 bridgehead atoms. The van der Waals surface area contributed by atoms with E-state index in [9.17, 15) is 4.79 Å². The van der Waals surface area contributed by atoms with E-state index in [4.69, 9.17) is 9.47 Å². The van der Waals surface area contributed by atoms with Gasteiger partial charge in [0.15, 0.2) is 0 Å². The highest BCUT2D eigenvalue weighted by molar-refractivity contribution is 5.94. The van der Waals surface area contributed by atoms with Crippen molar-refractivity contribution >= 4 is 5.91 Å². The molecule has 144 valence electrons. The molecule has 2 heterocycles. The standard InChI is InChI=1S/C21H27N3O3/c1-21(2)12-17(15-11-13(26-4)9-10-18(15)27-21)22-20(25)19-14-7-5-6-8-16(14)23-24(19)3/h9-11,17H,5-8,12H2,1-4H3,(H,22,25). The summed E-state index contributed by atoms with van der Waals surface area (Å²) in [5, 5.41) is 7.82. The average molecular weight is 369 g/mol. The smallest absolute Gasteiger partial charge is 0.270 e. The number of fused-ring (bicyclic) bond motifs is 2. The van der Waals surface area contributed by atoms with Crippen LogP contribution >= 0.6 is 0 Å². The first-order chi connectivity index (χ1) is 12.9. The molecule has 4 rings (SSSR count). The van der Waals surface area contributed by atoms with Crippen molar-refractivity contribution in [3.63, 3.8) is 0 Å². The van der Waals surface area contributed by atoms with E-state index in [0.29, 0.717) is 12.1 Å². The third-order valence-electron chi connectivity index (χ3n) is 5.51. The lowest BCUT2D eigenvalue weighted by Crippen LogP contribution is -2.41. The zero-order valence-electron chi connectivity index (χ0n) is 16.5. The van der Waals surface area contributed by atoms with Gasteiger partial charge in [0, 0.05) is 24.6 Å². The van der Waals surface area contributed by atoms with E-state index in [2.05, 4.69) is 10.4 Å². The van der Waals surface area contributed by atoms with Crippen molar-refractivity contribution in [2.75, 3.05) is 7.11 Å². The Labute approximate surface area is 159 Å². The molecule has 2 aliphatic rings. The van der Waals surface area contributed by atoms with Crippen LogP contribution in [0.4, 0.5) is 0 Å². The van der Waals surface area contributed by atoms with Gasteiger partial charge in [-0.15, -0.1) is 0 Å². The van der Waals surface area contributed by atoms with Crippen LogP contribution in [0.1, 0.15) is 66.5 Å². The molecule has 6 nitrogen and oxygen atoms in total. The van der Waals surface area contributed by atoms with Crippen molar-refractivity contribution in [1.82, 2.24) is 15.1 Å². The number of hydrogen-bond acceptors (Lipinski definition) is 4. The number of benzene rings is 1. The Kier molecular flexibility index (Phi) is 4.36. The summed E-state index contributed by atoms with van der Waals surface area (Å²) < 4.78 is 13.2. The Morgan fingerprint density at radius 3 is 2.89 bits per heavy atom. The van der Waals surface area contributed by atoms with Gasteiger partial charge in [0.1, 0.15) is 22.8 Å². The minimum absolute atomic E-state index is 0.0652. The second-order valence-corrected chi connectivity index (χ2v) is 8.10. The normalized spacial score (nSPS) is 20.2. The first-order valence-electron chi connectivity index (χ1n) is 9.60. The number of carbonyl (C=O) groups is 1. The van der Waals surface area contributed by atoms with Gasteiger partial charge in [-0.05, 0) is 57.7 Å². The Morgan fingerprint density at radius 1 is 1.33 bits per heavy atom. The van der Waals surface area contributed by atoms with E-state index in [1.807, 2.05) is 39.1 Å². The molecule has 0 fully saturated rings. The largest absolute Gasteiger partial charge is 0.497 e. The van der Waals surface area contributed by atoms with Crippen LogP contribution in [-0.4, -0.2) is 28.4 Å². The summed E-state index contributed by atoms with van der Waals surface area (Å²) in [5.74, 6) is 1.49. The van der Waals surface area contributed by atoms with Crippen molar-refractivity contribution < 1.29 is 14.3 Å². The van der Waals surface area contributed by atoms with Crippen LogP contribution in [0.25, 0.3) is 0 Å². The SMILES string of the molecule is COc1ccc2c(c1)C(NC(=O)c1c3c(nn1C)CCCC3)CC(C)(C)O2. The molecule has 6 heteroatoms. The maximum Gasteiger partial charge on any atom is 0.270 e. The monoisotopic (exact) mass is 369 g/mol. The topological polar surface area (TPSA) is 65.4 Å². The van der Waals surface area contributed by atoms with Crippen molar-refractivity contribution in [2.24, 2.45) is 7.05 Å². The molecular weight excluding hydrogens is 342 g/mol. The average Bonchev–Trinajstić information content (AvgIpc) is 2.96. The van der Waals surface area contributed by atoms with E-state index in [-0.39, 0.29) is 17.6 Å². The zero-order chi connectivity index (χ0) is 19.2. The second kappa shape index (κ2) is 6.59. The molecule has 1 aliphatic heterocycles. The molecule has 0 saturated heterocycles. The highest BCUT2D eigenvalue weighted by Crippen LogP contribution is 2.41. The molecular formula is C21H27N3O3. The van der Waals surface area contributed by atoms with Gasteiger partial charge in [0.2, 0.25) is 0 Å². The number of aromatic nitrogens is 2. The van der Waals surface area contributed by atoms with Crippen LogP contribution in [0.15, 0.2) is 18.2 Å². The molecule has 1 aromatic heterocycles. The number of methoxy groups -OCH3 is 1. The van der Waals surface area contributed by atoms with E-state index >= 15 is 0 Å². The fourth-order valence-corrected chi connectivity index (χ4v) is 4.28. The molecule has 1 unspecified atom stereocenters. The quantitative estimate of drug-likeness (QED) is 0.901. The Bertz CT molecular complexity index is 885. The third-order valence-corrected chi connectivity index (χ3v) is 5.51. The van der Waals surface area contributed by atoms with Gasteiger partial charge in [0.05, 0.1) is 18.8 Å². The predicted octanol–water partition coefficient (Wildman–Crippen LogP) is 3.34. The summed E-state index contributed by atoms with van der Waals surface area (Å²) >= 11 is 0. The number of nitrogens with zero attached hydrogens (tertiary/aromatic N) is 2. The van der Waals surface area contributed by atoms with Crippen LogP contribution in [0.3, 0.4) is 0 Å². The van der Waals surface area contributed by atoms with Gasteiger partial charge in [-0.3, -0.25) is 9.48 Å². The fourth-order valence-electron chi connectivity index (χ4n) is 4.28. The summed E-state index contributed by atoms with van der Waals surface area (Å²) in [6.45, 7) is 4.09.